The van der Waals surface area contributed by atoms with Crippen molar-refractivity contribution in [3.63, 3.8) is 0 Å². The number of hydrogen-bond acceptors (Lipinski definition) is 2. The van der Waals surface area contributed by atoms with Crippen LogP contribution in [0.15, 0.2) is 48.5 Å². The number of carbonyl (C=O) groups is 2. The largest absolute Gasteiger partial charge is 0.349 e. The Morgan fingerprint density at radius 2 is 1.66 bits per heavy atom. The summed E-state index contributed by atoms with van der Waals surface area (Å²) < 4.78 is 0. The number of piperidine rings is 1. The summed E-state index contributed by atoms with van der Waals surface area (Å²) in [5.41, 5.74) is 3.92. The number of likely N-dealkylation sites (tertiary alicyclic amines) is 1. The third-order valence-corrected chi connectivity index (χ3v) is 7.13. The molecule has 32 heavy (non-hydrogen) atoms. The Bertz CT molecular complexity index is 913. The fourth-order valence-corrected chi connectivity index (χ4v) is 5.13. The maximum atomic E-state index is 13.1. The lowest BCUT2D eigenvalue weighted by Crippen LogP contribution is -2.39. The second-order valence-electron chi connectivity index (χ2n) is 9.43. The summed E-state index contributed by atoms with van der Waals surface area (Å²) >= 11 is 0. The number of benzene rings is 2. The Kier molecular flexibility index (Phi) is 7.62. The molecule has 2 aliphatic rings. The van der Waals surface area contributed by atoms with Gasteiger partial charge in [-0.15, -0.1) is 0 Å². The number of nitrogens with one attached hydrogen (secondary N) is 1. The summed E-state index contributed by atoms with van der Waals surface area (Å²) in [6.07, 6.45) is 10.2. The first-order valence-electron chi connectivity index (χ1n) is 12.4. The van der Waals surface area contributed by atoms with Gasteiger partial charge >= 0.3 is 0 Å². The molecule has 170 valence electrons. The summed E-state index contributed by atoms with van der Waals surface area (Å²) in [5.74, 6) is 0.423. The van der Waals surface area contributed by atoms with E-state index in [-0.39, 0.29) is 17.7 Å². The van der Waals surface area contributed by atoms with Crippen LogP contribution in [0.25, 0.3) is 0 Å². The lowest BCUT2D eigenvalue weighted by molar-refractivity contribution is 0.0706. The molecule has 1 saturated heterocycles. The van der Waals surface area contributed by atoms with Gasteiger partial charge < -0.3 is 10.2 Å². The van der Waals surface area contributed by atoms with Gasteiger partial charge in [-0.05, 0) is 67.5 Å². The highest BCUT2D eigenvalue weighted by atomic mass is 16.2. The number of carbonyl (C=O) groups excluding carboxylic acids is 2. The molecule has 0 aromatic heterocycles. The van der Waals surface area contributed by atoms with Crippen LogP contribution in [0, 0.1) is 0 Å². The first-order valence-corrected chi connectivity index (χ1v) is 12.4. The lowest BCUT2D eigenvalue weighted by atomic mass is 9.89. The number of aryl methyl sites for hydroxylation is 1. The average molecular weight is 433 g/mol. The van der Waals surface area contributed by atoms with E-state index in [2.05, 4.69) is 18.3 Å². The summed E-state index contributed by atoms with van der Waals surface area (Å²) in [4.78, 5) is 27.9. The van der Waals surface area contributed by atoms with E-state index in [4.69, 9.17) is 0 Å². The van der Waals surface area contributed by atoms with Gasteiger partial charge in [0.1, 0.15) is 0 Å². The maximum Gasteiger partial charge on any atom is 0.253 e. The highest BCUT2D eigenvalue weighted by molar-refractivity contribution is 5.95. The third-order valence-electron chi connectivity index (χ3n) is 7.13. The smallest absolute Gasteiger partial charge is 0.253 e. The molecule has 0 spiro atoms. The highest BCUT2D eigenvalue weighted by Crippen LogP contribution is 2.28. The van der Waals surface area contributed by atoms with Crippen molar-refractivity contribution < 1.29 is 9.59 Å². The molecule has 0 radical (unpaired) electrons. The number of hydrogen-bond donors (Lipinski definition) is 1. The molecular formula is C28H36N2O2. The van der Waals surface area contributed by atoms with E-state index in [9.17, 15) is 9.59 Å². The van der Waals surface area contributed by atoms with Gasteiger partial charge in [0.25, 0.3) is 11.8 Å². The average Bonchev–Trinajstić information content (AvgIpc) is 3.12. The van der Waals surface area contributed by atoms with Crippen molar-refractivity contribution in [1.82, 2.24) is 10.2 Å². The van der Waals surface area contributed by atoms with Gasteiger partial charge in [0.2, 0.25) is 0 Å². The van der Waals surface area contributed by atoms with E-state index in [0.29, 0.717) is 12.6 Å². The van der Waals surface area contributed by atoms with E-state index >= 15 is 0 Å². The Morgan fingerprint density at radius 3 is 2.38 bits per heavy atom. The molecule has 4 nitrogen and oxygen atoms in total. The van der Waals surface area contributed by atoms with Gasteiger partial charge in [-0.3, -0.25) is 9.59 Å². The van der Waals surface area contributed by atoms with Crippen molar-refractivity contribution in [3.05, 3.63) is 70.8 Å². The lowest BCUT2D eigenvalue weighted by Gasteiger charge is -2.33. The van der Waals surface area contributed by atoms with E-state index < -0.39 is 0 Å². The van der Waals surface area contributed by atoms with E-state index in [1.165, 1.54) is 31.2 Å². The molecule has 1 atom stereocenters. The van der Waals surface area contributed by atoms with Gasteiger partial charge in [-0.25, -0.2) is 0 Å². The molecule has 1 N–H and O–H groups in total. The van der Waals surface area contributed by atoms with Crippen LogP contribution in [0.3, 0.4) is 0 Å². The molecule has 1 unspecified atom stereocenters. The molecule has 1 aliphatic heterocycles. The van der Waals surface area contributed by atoms with Crippen molar-refractivity contribution in [2.45, 2.75) is 76.7 Å². The number of rotatable bonds is 5. The van der Waals surface area contributed by atoms with Gasteiger partial charge in [0.05, 0.1) is 0 Å². The summed E-state index contributed by atoms with van der Waals surface area (Å²) in [7, 11) is 0. The van der Waals surface area contributed by atoms with Crippen LogP contribution < -0.4 is 5.32 Å². The molecule has 2 aromatic rings. The zero-order valence-corrected chi connectivity index (χ0v) is 19.3. The van der Waals surface area contributed by atoms with E-state index in [0.717, 1.165) is 55.3 Å². The maximum absolute atomic E-state index is 13.1. The zero-order chi connectivity index (χ0) is 22.3. The van der Waals surface area contributed by atoms with Crippen LogP contribution in [0.5, 0.6) is 0 Å². The molecular weight excluding hydrogens is 396 g/mol. The number of amides is 2. The quantitative estimate of drug-likeness (QED) is 0.614. The Morgan fingerprint density at radius 1 is 0.906 bits per heavy atom. The summed E-state index contributed by atoms with van der Waals surface area (Å²) in [5, 5.41) is 3.26. The molecule has 1 aliphatic carbocycles. The predicted molar refractivity (Wildman–Crippen MR) is 129 cm³/mol. The van der Waals surface area contributed by atoms with Crippen molar-refractivity contribution in [2.75, 3.05) is 13.1 Å². The molecule has 2 aromatic carbocycles. The van der Waals surface area contributed by atoms with Crippen LogP contribution in [0.1, 0.15) is 96.1 Å². The van der Waals surface area contributed by atoms with Crippen molar-refractivity contribution in [3.8, 4) is 0 Å². The normalized spacial score (nSPS) is 19.9. The van der Waals surface area contributed by atoms with E-state index in [1.807, 2.05) is 47.4 Å². The van der Waals surface area contributed by atoms with Crippen LogP contribution in [-0.2, 0) is 6.42 Å². The minimum absolute atomic E-state index is 0.0403. The first kappa shape index (κ1) is 22.6. The summed E-state index contributed by atoms with van der Waals surface area (Å²) in [6, 6.07) is 16.3. The van der Waals surface area contributed by atoms with Crippen LogP contribution >= 0.6 is 0 Å². The molecule has 1 saturated carbocycles. The molecule has 1 heterocycles. The molecule has 2 fully saturated rings. The summed E-state index contributed by atoms with van der Waals surface area (Å²) in [6.45, 7) is 3.63. The van der Waals surface area contributed by atoms with Crippen LogP contribution in [-0.4, -0.2) is 35.8 Å². The van der Waals surface area contributed by atoms with E-state index in [1.54, 1.807) is 0 Å². The van der Waals surface area contributed by atoms with Gasteiger partial charge in [-0.1, -0.05) is 56.9 Å². The Labute approximate surface area is 192 Å². The molecule has 4 heteroatoms. The SMILES string of the molecule is CCc1ccc(C(=O)N2CCCC(c3cccc(C(=O)NC4CCCCCC4)c3)C2)cc1. The Balaban J connectivity index is 1.41. The minimum Gasteiger partial charge on any atom is -0.349 e. The molecule has 4 rings (SSSR count). The molecule has 0 bridgehead atoms. The number of nitrogens with zero attached hydrogens (tertiary/aromatic N) is 1. The monoisotopic (exact) mass is 432 g/mol. The van der Waals surface area contributed by atoms with Gasteiger partial charge in [0, 0.05) is 36.2 Å². The van der Waals surface area contributed by atoms with Crippen LogP contribution in [0.4, 0.5) is 0 Å². The standard InChI is InChI=1S/C28H36N2O2/c1-2-21-14-16-22(17-15-21)28(32)30-18-8-11-25(20-30)23-9-7-10-24(19-23)27(31)29-26-12-5-3-4-6-13-26/h7,9-10,14-17,19,25-26H,2-6,8,11-13,18,20H2,1H3,(H,29,31). The third kappa shape index (κ3) is 5.59. The first-order chi connectivity index (χ1) is 15.6. The molecule has 2 amide bonds. The Hall–Kier alpha value is -2.62. The second-order valence-corrected chi connectivity index (χ2v) is 9.43. The van der Waals surface area contributed by atoms with Gasteiger partial charge in [-0.2, -0.15) is 0 Å². The topological polar surface area (TPSA) is 49.4 Å². The van der Waals surface area contributed by atoms with Crippen LogP contribution in [0.2, 0.25) is 0 Å². The van der Waals surface area contributed by atoms with Crippen molar-refractivity contribution >= 4 is 11.8 Å². The zero-order valence-electron chi connectivity index (χ0n) is 19.3. The second kappa shape index (κ2) is 10.8. The minimum atomic E-state index is 0.0403. The highest BCUT2D eigenvalue weighted by Gasteiger charge is 2.26. The fourth-order valence-electron chi connectivity index (χ4n) is 5.13. The van der Waals surface area contributed by atoms with Gasteiger partial charge in [0.15, 0.2) is 0 Å². The van der Waals surface area contributed by atoms with Crippen molar-refractivity contribution in [1.29, 1.82) is 0 Å². The fraction of sp³-hybridized carbons (Fsp3) is 0.500. The van der Waals surface area contributed by atoms with Crippen molar-refractivity contribution in [2.24, 2.45) is 0 Å². The predicted octanol–water partition coefficient (Wildman–Crippen LogP) is 5.72.